The van der Waals surface area contributed by atoms with Crippen LogP contribution in [-0.4, -0.2) is 38.5 Å². The number of amides is 1. The molecule has 0 aromatic heterocycles. The van der Waals surface area contributed by atoms with Crippen molar-refractivity contribution in [2.24, 2.45) is 0 Å². The summed E-state index contributed by atoms with van der Waals surface area (Å²) in [5, 5.41) is 2.78. The molecular weight excluding hydrogens is 326 g/mol. The molecule has 1 aliphatic heterocycles. The molecule has 0 aliphatic carbocycles. The summed E-state index contributed by atoms with van der Waals surface area (Å²) in [6.07, 6.45) is 1.47. The van der Waals surface area contributed by atoms with Crippen molar-refractivity contribution in [1.29, 1.82) is 0 Å². The summed E-state index contributed by atoms with van der Waals surface area (Å²) in [6, 6.07) is 7.78. The standard InChI is InChI=1S/C18H27NO4S/c1-18(2,3)14-6-8-16(9-7-14)23-11-4-5-17(20)19-15-10-12-24(21,22)13-15/h6-9,15H,4-5,10-13H2,1-3H3,(H,19,20)/t15-/m1/s1. The Bertz CT molecular complexity index is 659. The highest BCUT2D eigenvalue weighted by atomic mass is 32.2. The molecule has 1 N–H and O–H groups in total. The molecule has 24 heavy (non-hydrogen) atoms. The first-order valence-electron chi connectivity index (χ1n) is 8.39. The molecule has 1 fully saturated rings. The molecule has 1 aromatic rings. The van der Waals surface area contributed by atoms with Gasteiger partial charge < -0.3 is 10.1 Å². The van der Waals surface area contributed by atoms with Crippen LogP contribution in [0.15, 0.2) is 24.3 Å². The lowest BCUT2D eigenvalue weighted by Gasteiger charge is -2.19. The van der Waals surface area contributed by atoms with E-state index in [1.807, 2.05) is 12.1 Å². The Morgan fingerprint density at radius 1 is 1.25 bits per heavy atom. The van der Waals surface area contributed by atoms with E-state index in [0.717, 1.165) is 5.75 Å². The van der Waals surface area contributed by atoms with E-state index in [2.05, 4.69) is 38.2 Å². The second kappa shape index (κ2) is 7.55. The van der Waals surface area contributed by atoms with Gasteiger partial charge in [-0.05, 0) is 36.0 Å². The molecule has 1 amide bonds. The maximum absolute atomic E-state index is 11.8. The van der Waals surface area contributed by atoms with Crippen LogP contribution in [0.1, 0.15) is 45.6 Å². The molecule has 0 bridgehead atoms. The third kappa shape index (κ3) is 5.82. The largest absolute Gasteiger partial charge is 0.494 e. The van der Waals surface area contributed by atoms with Crippen molar-refractivity contribution in [3.05, 3.63) is 29.8 Å². The van der Waals surface area contributed by atoms with Gasteiger partial charge in [0.05, 0.1) is 18.1 Å². The second-order valence-electron chi connectivity index (χ2n) is 7.39. The van der Waals surface area contributed by atoms with E-state index in [4.69, 9.17) is 4.74 Å². The van der Waals surface area contributed by atoms with Gasteiger partial charge in [0.15, 0.2) is 9.84 Å². The number of carbonyl (C=O) groups is 1. The summed E-state index contributed by atoms with van der Waals surface area (Å²) in [4.78, 5) is 11.8. The summed E-state index contributed by atoms with van der Waals surface area (Å²) in [5.74, 6) is 0.926. The smallest absolute Gasteiger partial charge is 0.220 e. The number of sulfone groups is 1. The molecule has 5 nitrogen and oxygen atoms in total. The number of hydrogen-bond acceptors (Lipinski definition) is 4. The summed E-state index contributed by atoms with van der Waals surface area (Å²) in [5.41, 5.74) is 1.37. The van der Waals surface area contributed by atoms with E-state index in [-0.39, 0.29) is 28.9 Å². The van der Waals surface area contributed by atoms with Crippen LogP contribution in [0.2, 0.25) is 0 Å². The maximum Gasteiger partial charge on any atom is 0.220 e. The summed E-state index contributed by atoms with van der Waals surface area (Å²) < 4.78 is 28.4. The Morgan fingerprint density at radius 3 is 2.46 bits per heavy atom. The Balaban J connectivity index is 1.66. The lowest BCUT2D eigenvalue weighted by molar-refractivity contribution is -0.121. The second-order valence-corrected chi connectivity index (χ2v) is 9.62. The molecule has 0 saturated carbocycles. The molecule has 1 heterocycles. The highest BCUT2D eigenvalue weighted by molar-refractivity contribution is 7.91. The topological polar surface area (TPSA) is 72.5 Å². The summed E-state index contributed by atoms with van der Waals surface area (Å²) in [7, 11) is -2.96. The van der Waals surface area contributed by atoms with Crippen LogP contribution in [0.4, 0.5) is 0 Å². The minimum atomic E-state index is -2.96. The molecule has 0 spiro atoms. The number of nitrogens with one attached hydrogen (secondary N) is 1. The summed E-state index contributed by atoms with van der Waals surface area (Å²) >= 11 is 0. The van der Waals surface area contributed by atoms with Crippen molar-refractivity contribution in [3.63, 3.8) is 0 Å². The maximum atomic E-state index is 11.8. The van der Waals surface area contributed by atoms with E-state index in [1.165, 1.54) is 5.56 Å². The zero-order valence-corrected chi connectivity index (χ0v) is 15.5. The number of hydrogen-bond donors (Lipinski definition) is 1. The Labute approximate surface area is 144 Å². The van der Waals surface area contributed by atoms with Crippen molar-refractivity contribution in [1.82, 2.24) is 5.32 Å². The SMILES string of the molecule is CC(C)(C)c1ccc(OCCCC(=O)N[C@@H]2CCS(=O)(=O)C2)cc1. The molecule has 2 rings (SSSR count). The monoisotopic (exact) mass is 353 g/mol. The van der Waals surface area contributed by atoms with Crippen molar-refractivity contribution in [2.45, 2.75) is 51.5 Å². The van der Waals surface area contributed by atoms with Crippen LogP contribution in [0.3, 0.4) is 0 Å². The zero-order chi connectivity index (χ0) is 17.8. The van der Waals surface area contributed by atoms with E-state index < -0.39 is 9.84 Å². The lowest BCUT2D eigenvalue weighted by atomic mass is 9.87. The minimum Gasteiger partial charge on any atom is -0.494 e. The molecule has 1 atom stereocenters. The van der Waals surface area contributed by atoms with Crippen molar-refractivity contribution in [2.75, 3.05) is 18.1 Å². The first-order valence-corrected chi connectivity index (χ1v) is 10.2. The molecule has 0 unspecified atom stereocenters. The number of benzene rings is 1. The van der Waals surface area contributed by atoms with Gasteiger partial charge in [-0.15, -0.1) is 0 Å². The third-order valence-corrected chi connectivity index (χ3v) is 5.90. The third-order valence-electron chi connectivity index (χ3n) is 4.13. The summed E-state index contributed by atoms with van der Waals surface area (Å²) in [6.45, 7) is 6.95. The normalized spacial score (nSPS) is 19.9. The fourth-order valence-corrected chi connectivity index (χ4v) is 4.36. The Kier molecular flexibility index (Phi) is 5.91. The zero-order valence-electron chi connectivity index (χ0n) is 14.7. The van der Waals surface area contributed by atoms with Crippen molar-refractivity contribution < 1.29 is 17.9 Å². The average Bonchev–Trinajstić information content (AvgIpc) is 2.82. The van der Waals surface area contributed by atoms with Crippen LogP contribution >= 0.6 is 0 Å². The van der Waals surface area contributed by atoms with Gasteiger partial charge in [0, 0.05) is 12.5 Å². The van der Waals surface area contributed by atoms with E-state index in [0.29, 0.717) is 25.9 Å². The van der Waals surface area contributed by atoms with E-state index in [1.54, 1.807) is 0 Å². The van der Waals surface area contributed by atoms with Gasteiger partial charge in [-0.25, -0.2) is 8.42 Å². The fraction of sp³-hybridized carbons (Fsp3) is 0.611. The van der Waals surface area contributed by atoms with Crippen LogP contribution in [0.5, 0.6) is 5.75 Å². The van der Waals surface area contributed by atoms with E-state index >= 15 is 0 Å². The number of carbonyl (C=O) groups excluding carboxylic acids is 1. The predicted molar refractivity (Wildman–Crippen MR) is 95.1 cm³/mol. The van der Waals surface area contributed by atoms with Gasteiger partial charge in [0.2, 0.25) is 5.91 Å². The van der Waals surface area contributed by atoms with E-state index in [9.17, 15) is 13.2 Å². The quantitative estimate of drug-likeness (QED) is 0.797. The Hall–Kier alpha value is -1.56. The van der Waals surface area contributed by atoms with Crippen molar-refractivity contribution in [3.8, 4) is 5.75 Å². The minimum absolute atomic E-state index is 0.0648. The predicted octanol–water partition coefficient (Wildman–Crippen LogP) is 2.45. The Morgan fingerprint density at radius 2 is 1.92 bits per heavy atom. The van der Waals surface area contributed by atoms with Gasteiger partial charge in [0.1, 0.15) is 5.75 Å². The fourth-order valence-electron chi connectivity index (χ4n) is 2.68. The molecule has 1 aliphatic rings. The van der Waals surface area contributed by atoms with Gasteiger partial charge >= 0.3 is 0 Å². The van der Waals surface area contributed by atoms with Gasteiger partial charge in [-0.1, -0.05) is 32.9 Å². The number of ether oxygens (including phenoxy) is 1. The number of rotatable bonds is 6. The molecular formula is C18H27NO4S. The first-order chi connectivity index (χ1) is 11.2. The van der Waals surface area contributed by atoms with Crippen LogP contribution < -0.4 is 10.1 Å². The lowest BCUT2D eigenvalue weighted by Crippen LogP contribution is -2.35. The highest BCUT2D eigenvalue weighted by Crippen LogP contribution is 2.24. The van der Waals surface area contributed by atoms with Gasteiger partial charge in [-0.2, -0.15) is 0 Å². The molecule has 1 saturated heterocycles. The highest BCUT2D eigenvalue weighted by Gasteiger charge is 2.28. The first kappa shape index (κ1) is 18.8. The molecule has 0 radical (unpaired) electrons. The van der Waals surface area contributed by atoms with Crippen LogP contribution in [-0.2, 0) is 20.0 Å². The molecule has 134 valence electrons. The average molecular weight is 353 g/mol. The van der Waals surface area contributed by atoms with Crippen LogP contribution in [0.25, 0.3) is 0 Å². The van der Waals surface area contributed by atoms with Crippen LogP contribution in [0, 0.1) is 0 Å². The molecule has 6 heteroatoms. The van der Waals surface area contributed by atoms with Gasteiger partial charge in [0.25, 0.3) is 0 Å². The van der Waals surface area contributed by atoms with Gasteiger partial charge in [-0.3, -0.25) is 4.79 Å². The molecule has 1 aromatic carbocycles. The van der Waals surface area contributed by atoms with Crippen molar-refractivity contribution >= 4 is 15.7 Å².